The van der Waals surface area contributed by atoms with Gasteiger partial charge < -0.3 is 9.67 Å². The summed E-state index contributed by atoms with van der Waals surface area (Å²) in [5.41, 5.74) is 1.98. The summed E-state index contributed by atoms with van der Waals surface area (Å²) < 4.78 is 14.8. The number of hydrogen-bond acceptors (Lipinski definition) is 5. The molecule has 3 N–H and O–H groups in total. The fraction of sp³-hybridized carbons (Fsp3) is 0.400. The van der Waals surface area contributed by atoms with E-state index in [-0.39, 0.29) is 23.4 Å². The zero-order valence-corrected chi connectivity index (χ0v) is 12.5. The highest BCUT2D eigenvalue weighted by Gasteiger charge is 2.17. The first kappa shape index (κ1) is 16.9. The Morgan fingerprint density at radius 2 is 2.00 bits per heavy atom. The van der Waals surface area contributed by atoms with E-state index in [9.17, 15) is 19.2 Å². The Morgan fingerprint density at radius 3 is 2.70 bits per heavy atom. The summed E-state index contributed by atoms with van der Waals surface area (Å²) in [6, 6.07) is 3.95. The molecule has 1 heterocycles. The predicted molar refractivity (Wildman–Crippen MR) is 82.0 cm³/mol. The number of halogens is 1. The summed E-state index contributed by atoms with van der Waals surface area (Å²) in [4.78, 5) is 21.7. The topological polar surface area (TPSA) is 104 Å². The van der Waals surface area contributed by atoms with Gasteiger partial charge in [0, 0.05) is 18.4 Å². The van der Waals surface area contributed by atoms with Crippen LogP contribution in [0.2, 0.25) is 0 Å². The molecule has 0 aliphatic carbocycles. The van der Waals surface area contributed by atoms with Crippen LogP contribution in [0.1, 0.15) is 32.1 Å². The molecule has 8 heteroatoms. The van der Waals surface area contributed by atoms with Crippen molar-refractivity contribution in [1.82, 2.24) is 10.0 Å². The lowest BCUT2D eigenvalue weighted by Gasteiger charge is -2.07. The van der Waals surface area contributed by atoms with Gasteiger partial charge in [0.05, 0.1) is 5.52 Å². The maximum Gasteiger partial charge on any atom is 0.243 e. The number of carbonyl (C=O) groups excluding carboxylic acids is 1. The molecule has 0 unspecified atom stereocenters. The molecular formula is C15H18FN3O4. The van der Waals surface area contributed by atoms with Crippen LogP contribution in [-0.4, -0.2) is 20.8 Å². The van der Waals surface area contributed by atoms with Crippen LogP contribution in [0.25, 0.3) is 10.9 Å². The Bertz CT molecular complexity index is 714. The zero-order chi connectivity index (χ0) is 16.8. The second-order valence-electron chi connectivity index (χ2n) is 5.28. The number of aromatic nitrogens is 1. The van der Waals surface area contributed by atoms with E-state index >= 15 is 0 Å². The van der Waals surface area contributed by atoms with Gasteiger partial charge in [-0.1, -0.05) is 12.8 Å². The van der Waals surface area contributed by atoms with Gasteiger partial charge in [-0.05, 0) is 36.2 Å². The number of nitroso groups, excluding NO2 is 1. The van der Waals surface area contributed by atoms with E-state index in [1.807, 2.05) is 0 Å². The first-order valence-corrected chi connectivity index (χ1v) is 7.35. The predicted octanol–water partition coefficient (Wildman–Crippen LogP) is 3.34. The van der Waals surface area contributed by atoms with E-state index in [0.29, 0.717) is 24.9 Å². The lowest BCUT2D eigenvalue weighted by Crippen LogP contribution is -2.17. The minimum atomic E-state index is -0.498. The van der Waals surface area contributed by atoms with Gasteiger partial charge in [-0.3, -0.25) is 10.0 Å². The average molecular weight is 323 g/mol. The highest BCUT2D eigenvalue weighted by Crippen LogP contribution is 2.38. The third kappa shape index (κ3) is 3.84. The van der Waals surface area contributed by atoms with Crippen molar-refractivity contribution in [2.75, 3.05) is 0 Å². The number of nitrogens with zero attached hydrogens (tertiary/aromatic N) is 2. The van der Waals surface area contributed by atoms with Crippen LogP contribution < -0.4 is 5.48 Å². The number of aromatic hydroxyl groups is 1. The number of benzene rings is 1. The standard InChI is InChI=1S/C15H18FN3O4/c16-10-6-7-12-11(9-10)14(18-23)15(21)19(12)8-4-2-1-3-5-13(20)17-22/h6-7,9,21-22H,1-5,8H2,(H,17,20). The number of aryl methyl sites for hydroxylation is 1. The normalized spacial score (nSPS) is 10.9. The minimum absolute atomic E-state index is 0.154. The molecule has 2 rings (SSSR count). The van der Waals surface area contributed by atoms with Gasteiger partial charge in [0.1, 0.15) is 5.82 Å². The van der Waals surface area contributed by atoms with Crippen LogP contribution in [-0.2, 0) is 11.3 Å². The van der Waals surface area contributed by atoms with Crippen LogP contribution in [0, 0.1) is 10.7 Å². The molecule has 2 aromatic rings. The second-order valence-corrected chi connectivity index (χ2v) is 5.28. The summed E-state index contributed by atoms with van der Waals surface area (Å²) in [7, 11) is 0. The molecule has 124 valence electrons. The first-order chi connectivity index (χ1) is 11.1. The van der Waals surface area contributed by atoms with Crippen LogP contribution in [0.15, 0.2) is 23.4 Å². The Balaban J connectivity index is 1.99. The Hall–Kier alpha value is -2.48. The van der Waals surface area contributed by atoms with Gasteiger partial charge in [0.2, 0.25) is 11.8 Å². The Labute approximate surface area is 131 Å². The summed E-state index contributed by atoms with van der Waals surface area (Å²) >= 11 is 0. The van der Waals surface area contributed by atoms with Gasteiger partial charge >= 0.3 is 0 Å². The number of unbranched alkanes of at least 4 members (excludes halogenated alkanes) is 3. The molecule has 7 nitrogen and oxygen atoms in total. The molecule has 0 radical (unpaired) electrons. The van der Waals surface area contributed by atoms with Crippen LogP contribution in [0.4, 0.5) is 10.1 Å². The van der Waals surface area contributed by atoms with E-state index in [1.165, 1.54) is 22.8 Å². The van der Waals surface area contributed by atoms with Crippen molar-refractivity contribution in [3.8, 4) is 5.88 Å². The van der Waals surface area contributed by atoms with E-state index in [0.717, 1.165) is 12.8 Å². The van der Waals surface area contributed by atoms with Crippen molar-refractivity contribution in [3.05, 3.63) is 28.9 Å². The van der Waals surface area contributed by atoms with Crippen molar-refractivity contribution in [2.45, 2.75) is 38.6 Å². The van der Waals surface area contributed by atoms with E-state index in [4.69, 9.17) is 5.21 Å². The van der Waals surface area contributed by atoms with Crippen molar-refractivity contribution >= 4 is 22.5 Å². The number of nitrogens with one attached hydrogen (secondary N) is 1. The fourth-order valence-electron chi connectivity index (χ4n) is 2.58. The molecule has 0 fully saturated rings. The van der Waals surface area contributed by atoms with Crippen molar-refractivity contribution in [2.24, 2.45) is 5.18 Å². The molecule has 0 saturated heterocycles. The quantitative estimate of drug-likeness (QED) is 0.300. The zero-order valence-electron chi connectivity index (χ0n) is 12.5. The molecule has 1 aromatic carbocycles. The Morgan fingerprint density at radius 1 is 1.26 bits per heavy atom. The molecule has 0 aliphatic heterocycles. The minimum Gasteiger partial charge on any atom is -0.493 e. The Kier molecular flexibility index (Phi) is 5.64. The maximum absolute atomic E-state index is 13.3. The second kappa shape index (κ2) is 7.68. The molecule has 1 aromatic heterocycles. The number of amides is 1. The third-order valence-electron chi connectivity index (χ3n) is 3.72. The smallest absolute Gasteiger partial charge is 0.243 e. The van der Waals surface area contributed by atoms with E-state index in [1.54, 1.807) is 5.48 Å². The number of carbonyl (C=O) groups is 1. The highest BCUT2D eigenvalue weighted by molar-refractivity contribution is 5.95. The summed E-state index contributed by atoms with van der Waals surface area (Å²) in [5, 5.41) is 21.5. The van der Waals surface area contributed by atoms with E-state index < -0.39 is 11.7 Å². The van der Waals surface area contributed by atoms with Crippen molar-refractivity contribution in [3.63, 3.8) is 0 Å². The van der Waals surface area contributed by atoms with E-state index in [2.05, 4.69) is 5.18 Å². The van der Waals surface area contributed by atoms with Crippen molar-refractivity contribution < 1.29 is 19.5 Å². The van der Waals surface area contributed by atoms with Crippen LogP contribution in [0.3, 0.4) is 0 Å². The lowest BCUT2D eigenvalue weighted by atomic mass is 10.1. The molecule has 0 atom stereocenters. The number of hydrogen-bond donors (Lipinski definition) is 3. The summed E-state index contributed by atoms with van der Waals surface area (Å²) in [6.07, 6.45) is 3.22. The fourth-order valence-corrected chi connectivity index (χ4v) is 2.58. The molecule has 1 amide bonds. The summed E-state index contributed by atoms with van der Waals surface area (Å²) in [5.74, 6) is -1.18. The van der Waals surface area contributed by atoms with Gasteiger partial charge in [-0.15, -0.1) is 4.91 Å². The molecule has 0 saturated carbocycles. The molecule has 0 aliphatic rings. The number of rotatable bonds is 8. The van der Waals surface area contributed by atoms with Gasteiger partial charge in [0.15, 0.2) is 5.69 Å². The number of hydroxylamine groups is 1. The molecule has 0 bridgehead atoms. The summed E-state index contributed by atoms with van der Waals surface area (Å²) in [6.45, 7) is 0.454. The van der Waals surface area contributed by atoms with Gasteiger partial charge in [-0.2, -0.15) is 0 Å². The SMILES string of the molecule is O=Nc1c(O)n(CCCCCCC(=O)NO)c2ccc(F)cc12. The largest absolute Gasteiger partial charge is 0.493 e. The monoisotopic (exact) mass is 323 g/mol. The molecule has 23 heavy (non-hydrogen) atoms. The number of fused-ring (bicyclic) bond motifs is 1. The van der Waals surface area contributed by atoms with Gasteiger partial charge in [0.25, 0.3) is 0 Å². The molecular weight excluding hydrogens is 305 g/mol. The van der Waals surface area contributed by atoms with Crippen LogP contribution >= 0.6 is 0 Å². The average Bonchev–Trinajstić information content (AvgIpc) is 2.80. The first-order valence-electron chi connectivity index (χ1n) is 7.35. The van der Waals surface area contributed by atoms with Crippen molar-refractivity contribution in [1.29, 1.82) is 0 Å². The molecule has 0 spiro atoms. The van der Waals surface area contributed by atoms with Gasteiger partial charge in [-0.25, -0.2) is 9.87 Å². The maximum atomic E-state index is 13.3. The highest BCUT2D eigenvalue weighted by atomic mass is 19.1. The third-order valence-corrected chi connectivity index (χ3v) is 3.72. The lowest BCUT2D eigenvalue weighted by molar-refractivity contribution is -0.129. The van der Waals surface area contributed by atoms with Crippen LogP contribution in [0.5, 0.6) is 5.88 Å².